The van der Waals surface area contributed by atoms with Crippen molar-refractivity contribution in [2.45, 2.75) is 244 Å². The van der Waals surface area contributed by atoms with Gasteiger partial charge in [-0.25, -0.2) is 38.3 Å². The second kappa shape index (κ2) is 29.1. The third kappa shape index (κ3) is 17.2. The Labute approximate surface area is 611 Å². The highest BCUT2D eigenvalue weighted by molar-refractivity contribution is 14.1. The first-order valence-corrected chi connectivity index (χ1v) is 44.0. The number of carbonyl (C=O) groups excluding carboxylic acids is 2. The number of nitrogens with zero attached hydrogens (tertiary/aromatic N) is 12. The van der Waals surface area contributed by atoms with Crippen LogP contribution in [0.3, 0.4) is 0 Å². The van der Waals surface area contributed by atoms with E-state index in [2.05, 4.69) is 103 Å². The quantitative estimate of drug-likeness (QED) is 0.0522. The number of rotatable bonds is 16. The van der Waals surface area contributed by atoms with Gasteiger partial charge in [0.25, 0.3) is 0 Å². The summed E-state index contributed by atoms with van der Waals surface area (Å²) in [4.78, 5) is 49.5. The fourth-order valence-electron chi connectivity index (χ4n) is 13.9. The van der Waals surface area contributed by atoms with Crippen LogP contribution in [0.15, 0.2) is 49.3 Å². The molecule has 100 heavy (non-hydrogen) atoms. The second-order valence-corrected chi connectivity index (χ2v) is 46.0. The van der Waals surface area contributed by atoms with Gasteiger partial charge in [-0.15, -0.1) is 0 Å². The van der Waals surface area contributed by atoms with Crippen LogP contribution in [-0.2, 0) is 55.8 Å². The number of anilines is 2. The van der Waals surface area contributed by atoms with E-state index in [0.29, 0.717) is 80.7 Å². The fourth-order valence-corrected chi connectivity index (χ4v) is 16.7. The monoisotopic (exact) mass is 1560 g/mol. The van der Waals surface area contributed by atoms with Gasteiger partial charge in [0, 0.05) is 132 Å². The van der Waals surface area contributed by atoms with Crippen LogP contribution in [0, 0.1) is 15.2 Å². The number of hydrogen-bond acceptors (Lipinski definition) is 16. The van der Waals surface area contributed by atoms with Crippen molar-refractivity contribution in [1.29, 1.82) is 0 Å². The van der Waals surface area contributed by atoms with Crippen LogP contribution in [0.2, 0.25) is 61.4 Å². The predicted octanol–water partition coefficient (Wildman–Crippen LogP) is 15.2. The van der Waals surface area contributed by atoms with E-state index in [1.54, 1.807) is 31.2 Å². The molecule has 5 aliphatic heterocycles. The smallest absolute Gasteiger partial charge is 0.444 e. The van der Waals surface area contributed by atoms with Crippen molar-refractivity contribution in [3.63, 3.8) is 0 Å². The van der Waals surface area contributed by atoms with Gasteiger partial charge in [-0.05, 0) is 167 Å². The number of nitrogens with one attached hydrogen (secondary N) is 2. The summed E-state index contributed by atoms with van der Waals surface area (Å²) in [5.74, 6) is 0.841. The zero-order valence-electron chi connectivity index (χ0n) is 61.1. The number of hydrogen-bond donors (Lipinski definition) is 2. The Balaban J connectivity index is 0.000000161. The van der Waals surface area contributed by atoms with E-state index in [0.717, 1.165) is 96.4 Å². The molecule has 0 aliphatic carbocycles. The van der Waals surface area contributed by atoms with Crippen LogP contribution in [0.4, 0.5) is 30.0 Å². The number of ether oxygens (including phenoxy) is 4. The van der Waals surface area contributed by atoms with Gasteiger partial charge in [-0.3, -0.25) is 9.36 Å². The lowest BCUT2D eigenvalue weighted by Crippen LogP contribution is -2.51. The van der Waals surface area contributed by atoms with Gasteiger partial charge in [0.2, 0.25) is 0 Å². The highest BCUT2D eigenvalue weighted by Crippen LogP contribution is 2.44. The van der Waals surface area contributed by atoms with E-state index in [9.17, 15) is 14.0 Å². The van der Waals surface area contributed by atoms with E-state index in [1.165, 1.54) is 16.8 Å². The molecule has 6 aromatic heterocycles. The molecule has 13 rings (SSSR count). The SMILES string of the molecule is CC(C)(C)OC(=O)NC1C[C@H]2CC[C@@H](C1)N2c1cnc2c(I)cn(COCC[Si](C)(C)C)c2n1.Cn1cc2c(Cl)c(-c3cn(COCC[Si](C)(C)C)c4nc(N5[C@@H]6CC[C@H]5CC(NC(=O)OC(C)(C)C)C6)cnc34)cc(F)c2n1.Cn1cc2c(Cl)c(B3OC(C)(C)C(C)(C)O3)cc(F)c2n1. The summed E-state index contributed by atoms with van der Waals surface area (Å²) >= 11 is 15.6. The number of halogens is 5. The largest absolute Gasteiger partial charge is 0.496 e. The number of amides is 2. The molecule has 0 spiro atoms. The Kier molecular flexibility index (Phi) is 21.9. The maximum absolute atomic E-state index is 15.2. The highest BCUT2D eigenvalue weighted by atomic mass is 127. The van der Waals surface area contributed by atoms with Crippen molar-refractivity contribution in [3.8, 4) is 11.1 Å². The molecular formula is C70H98BCl2F2IN14O8Si2. The van der Waals surface area contributed by atoms with Crippen LogP contribution >= 0.6 is 45.8 Å². The molecule has 2 aromatic carbocycles. The second-order valence-electron chi connectivity index (χ2n) is 32.9. The normalized spacial score (nSPS) is 21.2. The summed E-state index contributed by atoms with van der Waals surface area (Å²) in [6.45, 7) is 35.3. The van der Waals surface area contributed by atoms with E-state index in [1.807, 2.05) is 92.4 Å². The number of aromatic nitrogens is 10. The lowest BCUT2D eigenvalue weighted by molar-refractivity contribution is 0.00578. The number of fused-ring (bicyclic) bond motifs is 8. The molecular weight excluding hydrogens is 1470 g/mol. The van der Waals surface area contributed by atoms with Gasteiger partial charge >= 0.3 is 19.3 Å². The summed E-state index contributed by atoms with van der Waals surface area (Å²) in [7, 11) is 0.390. The minimum absolute atomic E-state index is 0.0416. The van der Waals surface area contributed by atoms with Crippen LogP contribution in [0.5, 0.6) is 0 Å². The lowest BCUT2D eigenvalue weighted by Gasteiger charge is -2.40. The van der Waals surface area contributed by atoms with E-state index >= 15 is 4.39 Å². The molecule has 0 saturated carbocycles. The van der Waals surface area contributed by atoms with Crippen LogP contribution in [0.25, 0.3) is 55.3 Å². The predicted molar refractivity (Wildman–Crippen MR) is 405 cm³/mol. The summed E-state index contributed by atoms with van der Waals surface area (Å²) < 4.78 is 72.7. The van der Waals surface area contributed by atoms with E-state index in [4.69, 9.17) is 71.4 Å². The molecule has 5 saturated heterocycles. The molecule has 11 heterocycles. The van der Waals surface area contributed by atoms with Crippen molar-refractivity contribution >= 4 is 142 Å². The van der Waals surface area contributed by atoms with Crippen molar-refractivity contribution in [2.75, 3.05) is 23.0 Å². The first-order chi connectivity index (χ1) is 46.7. The lowest BCUT2D eigenvalue weighted by atomic mass is 9.78. The average Bonchev–Trinajstić information content (AvgIpc) is 1.60. The number of aryl methyl sites for hydroxylation is 2. The molecule has 0 radical (unpaired) electrons. The summed E-state index contributed by atoms with van der Waals surface area (Å²) in [6, 6.07) is 6.29. The third-order valence-electron chi connectivity index (χ3n) is 19.4. The first kappa shape index (κ1) is 75.4. The average molecular weight is 1570 g/mol. The Morgan fingerprint density at radius 1 is 0.620 bits per heavy atom. The van der Waals surface area contributed by atoms with Gasteiger partial charge in [0.1, 0.15) is 58.4 Å². The number of piperidine rings is 2. The van der Waals surface area contributed by atoms with Crippen molar-refractivity contribution in [3.05, 3.63) is 74.6 Å². The van der Waals surface area contributed by atoms with Crippen LogP contribution in [-0.4, -0.2) is 156 Å². The first-order valence-electron chi connectivity index (χ1n) is 34.8. The van der Waals surface area contributed by atoms with Gasteiger partial charge in [0.15, 0.2) is 22.9 Å². The van der Waals surface area contributed by atoms with Crippen LogP contribution in [0.1, 0.15) is 121 Å². The summed E-state index contributed by atoms with van der Waals surface area (Å²) in [6.07, 6.45) is 18.1. The van der Waals surface area contributed by atoms with Gasteiger partial charge in [-0.1, -0.05) is 62.5 Å². The maximum Gasteiger partial charge on any atom is 0.496 e. The zero-order chi connectivity index (χ0) is 72.5. The maximum atomic E-state index is 15.2. The Morgan fingerprint density at radius 3 is 1.47 bits per heavy atom. The highest BCUT2D eigenvalue weighted by Gasteiger charge is 2.53. The van der Waals surface area contributed by atoms with Crippen molar-refractivity contribution < 1.29 is 46.6 Å². The Bertz CT molecular complexity index is 4290. The molecule has 6 atom stereocenters. The number of carbonyl (C=O) groups is 2. The molecule has 4 bridgehead atoms. The van der Waals surface area contributed by atoms with E-state index < -0.39 is 57.3 Å². The van der Waals surface area contributed by atoms with Gasteiger partial charge in [-0.2, -0.15) is 10.2 Å². The Morgan fingerprint density at radius 2 is 1.03 bits per heavy atom. The fraction of sp³-hybridized carbons (Fsp3) is 0.600. The van der Waals surface area contributed by atoms with Crippen molar-refractivity contribution in [2.24, 2.45) is 14.1 Å². The number of benzene rings is 2. The zero-order valence-corrected chi connectivity index (χ0v) is 66.8. The summed E-state index contributed by atoms with van der Waals surface area (Å²) in [5, 5.41) is 16.4. The third-order valence-corrected chi connectivity index (χ3v) is 24.4. The molecule has 542 valence electrons. The molecule has 30 heteroatoms. The molecule has 8 aromatic rings. The van der Waals surface area contributed by atoms with Gasteiger partial charge < -0.3 is 57.8 Å². The number of alkyl carbamates (subject to hydrolysis) is 2. The molecule has 2 amide bonds. The molecule has 2 unspecified atom stereocenters. The van der Waals surface area contributed by atoms with Crippen LogP contribution < -0.4 is 25.9 Å². The standard InChI is InChI=1S/C32H43ClFN7O3Si.C24H38IN5O3Si.C14H17BClFN2O2/c1-32(2,3)44-31(42)36-19-12-20-8-9-21(13-19)41(20)26-15-35-29-23(17-40(30(29)37-26)18-43-10-11-45(5,6)7)22-14-25(34)28-24(27(22)33)16-39(4)38-28;1-24(2,3)33-23(31)27-16-11-17-7-8-18(12-16)30(17)20-13-26-21-19(25)14-29(22(21)28-20)15-32-9-10-34(4,5)6;1-13(2)14(3,4)21-15(20-13)9-6-10(17)12-8(11(9)16)7-19(5)18-12/h14-17,19-21H,8-13,18H2,1-7H3,(H,36,42);13-14,16-18H,7-12,15H2,1-6H3,(H,27,31);6-7H,1-5H3/t19?,20-,21+;16?,17-,18+;. The Hall–Kier alpha value is -5.73. The molecule has 22 nitrogen and oxygen atoms in total. The minimum atomic E-state index is -1.27. The topological polar surface area (TPSA) is 217 Å². The molecule has 5 aliphatic rings. The minimum Gasteiger partial charge on any atom is -0.444 e. The molecule has 5 fully saturated rings. The van der Waals surface area contributed by atoms with E-state index in [-0.39, 0.29) is 47.4 Å². The van der Waals surface area contributed by atoms with Gasteiger partial charge in [0.05, 0.1) is 37.2 Å². The van der Waals surface area contributed by atoms with Crippen molar-refractivity contribution in [1.82, 2.24) is 59.3 Å². The summed E-state index contributed by atoms with van der Waals surface area (Å²) in [5.41, 5.74) is 3.28. The molecule has 2 N–H and O–H groups in total.